The molecule has 4 heteroatoms. The van der Waals surface area contributed by atoms with Gasteiger partial charge in [0.05, 0.1) is 18.7 Å². The van der Waals surface area contributed by atoms with E-state index in [-0.39, 0.29) is 12.0 Å². The van der Waals surface area contributed by atoms with E-state index in [0.29, 0.717) is 5.56 Å². The number of hydrogen-bond donors (Lipinski definition) is 1. The summed E-state index contributed by atoms with van der Waals surface area (Å²) in [7, 11) is 1.38. The van der Waals surface area contributed by atoms with E-state index in [9.17, 15) is 4.79 Å². The van der Waals surface area contributed by atoms with Crippen molar-refractivity contribution in [1.82, 2.24) is 0 Å². The smallest absolute Gasteiger partial charge is 0.337 e. The van der Waals surface area contributed by atoms with Crippen LogP contribution in [0, 0.1) is 6.92 Å². The predicted octanol–water partition coefficient (Wildman–Crippen LogP) is 4.02. The van der Waals surface area contributed by atoms with E-state index < -0.39 is 0 Å². The summed E-state index contributed by atoms with van der Waals surface area (Å²) in [5.41, 5.74) is 1.55. The largest absolute Gasteiger partial charge is 0.465 e. The molecule has 0 amide bonds. The summed E-state index contributed by atoms with van der Waals surface area (Å²) in [6, 6.07) is 11.8. The van der Waals surface area contributed by atoms with Crippen LogP contribution in [0.2, 0.25) is 0 Å². The van der Waals surface area contributed by atoms with Crippen LogP contribution in [0.15, 0.2) is 36.4 Å². The number of esters is 1. The Labute approximate surface area is 117 Å². The third-order valence-electron chi connectivity index (χ3n) is 2.88. The van der Waals surface area contributed by atoms with Crippen molar-refractivity contribution >= 4 is 23.0 Å². The SMILES string of the molecule is COC(=O)c1ccc(NC(C)c2ccc(C)s2)cc1. The number of aryl methyl sites for hydroxylation is 1. The number of carbonyl (C=O) groups is 1. The second-order valence-electron chi connectivity index (χ2n) is 4.38. The lowest BCUT2D eigenvalue weighted by molar-refractivity contribution is 0.0601. The van der Waals surface area contributed by atoms with Crippen molar-refractivity contribution in [3.8, 4) is 0 Å². The lowest BCUT2D eigenvalue weighted by atomic mass is 10.2. The van der Waals surface area contributed by atoms with Crippen molar-refractivity contribution in [2.75, 3.05) is 12.4 Å². The van der Waals surface area contributed by atoms with Gasteiger partial charge in [0.25, 0.3) is 0 Å². The lowest BCUT2D eigenvalue weighted by Gasteiger charge is -2.13. The summed E-state index contributed by atoms with van der Waals surface area (Å²) in [6.07, 6.45) is 0. The summed E-state index contributed by atoms with van der Waals surface area (Å²) in [5.74, 6) is -0.312. The van der Waals surface area contributed by atoms with Crippen LogP contribution in [0.25, 0.3) is 0 Å². The van der Waals surface area contributed by atoms with Crippen LogP contribution in [0.3, 0.4) is 0 Å². The number of anilines is 1. The van der Waals surface area contributed by atoms with Crippen LogP contribution >= 0.6 is 11.3 Å². The molecule has 1 aromatic carbocycles. The number of ether oxygens (including phenoxy) is 1. The van der Waals surface area contributed by atoms with Crippen LogP contribution in [-0.2, 0) is 4.74 Å². The predicted molar refractivity (Wildman–Crippen MR) is 78.9 cm³/mol. The number of nitrogens with one attached hydrogen (secondary N) is 1. The van der Waals surface area contributed by atoms with Crippen molar-refractivity contribution in [3.63, 3.8) is 0 Å². The molecule has 0 radical (unpaired) electrons. The van der Waals surface area contributed by atoms with E-state index in [4.69, 9.17) is 0 Å². The van der Waals surface area contributed by atoms with Gasteiger partial charge >= 0.3 is 5.97 Å². The van der Waals surface area contributed by atoms with E-state index in [1.165, 1.54) is 16.9 Å². The molecule has 0 saturated carbocycles. The number of hydrogen-bond acceptors (Lipinski definition) is 4. The molecule has 0 aliphatic carbocycles. The van der Waals surface area contributed by atoms with E-state index in [1.807, 2.05) is 12.1 Å². The third-order valence-corrected chi connectivity index (χ3v) is 4.06. The molecule has 1 atom stereocenters. The molecule has 0 aliphatic heterocycles. The van der Waals surface area contributed by atoms with Crippen molar-refractivity contribution in [3.05, 3.63) is 51.7 Å². The molecule has 0 saturated heterocycles. The van der Waals surface area contributed by atoms with Crippen LogP contribution in [0.1, 0.15) is 33.1 Å². The Balaban J connectivity index is 2.05. The summed E-state index contributed by atoms with van der Waals surface area (Å²) in [5, 5.41) is 3.41. The molecule has 3 nitrogen and oxygen atoms in total. The molecule has 0 spiro atoms. The van der Waals surface area contributed by atoms with Gasteiger partial charge in [-0.25, -0.2) is 4.79 Å². The van der Waals surface area contributed by atoms with E-state index in [2.05, 4.69) is 36.0 Å². The van der Waals surface area contributed by atoms with Gasteiger partial charge < -0.3 is 10.1 Å². The molecule has 19 heavy (non-hydrogen) atoms. The summed E-state index contributed by atoms with van der Waals surface area (Å²) >= 11 is 1.79. The number of rotatable bonds is 4. The zero-order chi connectivity index (χ0) is 13.8. The van der Waals surface area contributed by atoms with Crippen molar-refractivity contribution in [1.29, 1.82) is 0 Å². The lowest BCUT2D eigenvalue weighted by Crippen LogP contribution is -2.05. The van der Waals surface area contributed by atoms with E-state index in [1.54, 1.807) is 23.5 Å². The monoisotopic (exact) mass is 275 g/mol. The van der Waals surface area contributed by atoms with Crippen LogP contribution in [0.4, 0.5) is 5.69 Å². The Kier molecular flexibility index (Phi) is 4.22. The molecule has 1 aromatic heterocycles. The number of methoxy groups -OCH3 is 1. The maximum atomic E-state index is 11.3. The second kappa shape index (κ2) is 5.89. The molecular weight excluding hydrogens is 258 g/mol. The average Bonchev–Trinajstić information content (AvgIpc) is 2.85. The molecule has 2 aromatic rings. The van der Waals surface area contributed by atoms with Crippen LogP contribution in [-0.4, -0.2) is 13.1 Å². The first-order valence-electron chi connectivity index (χ1n) is 6.11. The molecular formula is C15H17NO2S. The highest BCUT2D eigenvalue weighted by Crippen LogP contribution is 2.25. The van der Waals surface area contributed by atoms with Gasteiger partial charge in [0.2, 0.25) is 0 Å². The number of benzene rings is 1. The van der Waals surface area contributed by atoms with Crippen molar-refractivity contribution < 1.29 is 9.53 Å². The summed E-state index contributed by atoms with van der Waals surface area (Å²) in [6.45, 7) is 4.23. The van der Waals surface area contributed by atoms with Crippen molar-refractivity contribution in [2.24, 2.45) is 0 Å². The number of thiophene rings is 1. The highest BCUT2D eigenvalue weighted by Gasteiger charge is 2.08. The minimum absolute atomic E-state index is 0.252. The topological polar surface area (TPSA) is 38.3 Å². The molecule has 0 aliphatic rings. The van der Waals surface area contributed by atoms with Gasteiger partial charge in [-0.2, -0.15) is 0 Å². The highest BCUT2D eigenvalue weighted by molar-refractivity contribution is 7.12. The highest BCUT2D eigenvalue weighted by atomic mass is 32.1. The molecule has 100 valence electrons. The summed E-state index contributed by atoms with van der Waals surface area (Å²) in [4.78, 5) is 13.9. The Bertz CT molecular complexity index is 560. The van der Waals surface area contributed by atoms with Gasteiger partial charge in [-0.1, -0.05) is 0 Å². The molecule has 1 unspecified atom stereocenters. The van der Waals surface area contributed by atoms with Crippen LogP contribution in [0.5, 0.6) is 0 Å². The van der Waals surface area contributed by atoms with Gasteiger partial charge in [0.15, 0.2) is 0 Å². The zero-order valence-corrected chi connectivity index (χ0v) is 12.1. The van der Waals surface area contributed by atoms with Gasteiger partial charge in [-0.15, -0.1) is 11.3 Å². The van der Waals surface area contributed by atoms with Gasteiger partial charge in [0, 0.05) is 15.4 Å². The van der Waals surface area contributed by atoms with E-state index >= 15 is 0 Å². The fourth-order valence-corrected chi connectivity index (χ4v) is 2.71. The zero-order valence-electron chi connectivity index (χ0n) is 11.3. The normalized spacial score (nSPS) is 11.9. The Hall–Kier alpha value is -1.81. The summed E-state index contributed by atoms with van der Waals surface area (Å²) < 4.78 is 4.67. The molecule has 2 rings (SSSR count). The maximum Gasteiger partial charge on any atom is 0.337 e. The van der Waals surface area contributed by atoms with Gasteiger partial charge in [-0.05, 0) is 50.2 Å². The van der Waals surface area contributed by atoms with Gasteiger partial charge in [0.1, 0.15) is 0 Å². The Morgan fingerprint density at radius 3 is 2.42 bits per heavy atom. The minimum atomic E-state index is -0.312. The van der Waals surface area contributed by atoms with E-state index in [0.717, 1.165) is 5.69 Å². The minimum Gasteiger partial charge on any atom is -0.465 e. The quantitative estimate of drug-likeness (QED) is 0.857. The fourth-order valence-electron chi connectivity index (χ4n) is 1.83. The number of carbonyl (C=O) groups excluding carboxylic acids is 1. The third kappa shape index (κ3) is 3.35. The fraction of sp³-hybridized carbons (Fsp3) is 0.267. The molecule has 1 N–H and O–H groups in total. The second-order valence-corrected chi connectivity index (χ2v) is 5.70. The maximum absolute atomic E-state index is 11.3. The standard InChI is InChI=1S/C15H17NO2S/c1-10-4-9-14(19-10)11(2)16-13-7-5-12(6-8-13)15(17)18-3/h4-9,11,16H,1-3H3. The Morgan fingerprint density at radius 2 is 1.89 bits per heavy atom. The van der Waals surface area contributed by atoms with Gasteiger partial charge in [-0.3, -0.25) is 0 Å². The first kappa shape index (κ1) is 13.6. The molecule has 0 bridgehead atoms. The van der Waals surface area contributed by atoms with Crippen molar-refractivity contribution in [2.45, 2.75) is 19.9 Å². The molecule has 0 fully saturated rings. The first-order valence-corrected chi connectivity index (χ1v) is 6.93. The average molecular weight is 275 g/mol. The van der Waals surface area contributed by atoms with Crippen LogP contribution < -0.4 is 5.32 Å². The molecule has 1 heterocycles. The first-order chi connectivity index (χ1) is 9.10. The Morgan fingerprint density at radius 1 is 1.21 bits per heavy atom.